The molecule has 1 aromatic rings. The second kappa shape index (κ2) is 5.65. The summed E-state index contributed by atoms with van der Waals surface area (Å²) in [6, 6.07) is 11.2. The minimum atomic E-state index is -1.13. The summed E-state index contributed by atoms with van der Waals surface area (Å²) in [5.41, 5.74) is 1.81. The van der Waals surface area contributed by atoms with E-state index in [1.807, 2.05) is 25.1 Å². The van der Waals surface area contributed by atoms with Crippen LogP contribution in [-0.4, -0.2) is 5.78 Å². The number of carbonyl (C=O) groups excluding carboxylic acids is 1. The molecule has 0 spiro atoms. The van der Waals surface area contributed by atoms with Crippen molar-refractivity contribution in [2.45, 2.75) is 25.7 Å². The van der Waals surface area contributed by atoms with Crippen molar-refractivity contribution in [2.75, 3.05) is 0 Å². The normalized spacial score (nSPS) is 14.8. The average molecular weight is 248 g/mol. The number of benzene rings is 1. The molecule has 1 unspecified atom stereocenters. The first kappa shape index (κ1) is 13.5. The summed E-state index contributed by atoms with van der Waals surface area (Å²) in [7, 11) is 0. The van der Waals surface area contributed by atoms with Crippen molar-refractivity contribution in [3.05, 3.63) is 47.0 Å². The summed E-state index contributed by atoms with van der Waals surface area (Å²) in [4.78, 5) is 11.9. The predicted octanol–water partition coefficient (Wildman–Crippen LogP) is 3.57. The third-order valence-electron chi connectivity index (χ3n) is 2.79. The van der Waals surface area contributed by atoms with E-state index in [0.717, 1.165) is 5.57 Å². The molecule has 1 aromatic carbocycles. The molecular formula is C14H14ClNO. The average Bonchev–Trinajstić information content (AvgIpc) is 2.36. The zero-order valence-corrected chi connectivity index (χ0v) is 10.7. The molecule has 0 saturated carbocycles. The summed E-state index contributed by atoms with van der Waals surface area (Å²) in [5, 5.41) is 9.40. The van der Waals surface area contributed by atoms with Crippen LogP contribution in [0.3, 0.4) is 0 Å². The summed E-state index contributed by atoms with van der Waals surface area (Å²) in [6.07, 6.45) is 0.326. The maximum absolute atomic E-state index is 11.9. The van der Waals surface area contributed by atoms with E-state index in [-0.39, 0.29) is 5.78 Å². The van der Waals surface area contributed by atoms with Crippen molar-refractivity contribution >= 4 is 17.4 Å². The van der Waals surface area contributed by atoms with Crippen LogP contribution in [0.2, 0.25) is 0 Å². The predicted molar refractivity (Wildman–Crippen MR) is 68.6 cm³/mol. The van der Waals surface area contributed by atoms with Gasteiger partial charge >= 0.3 is 0 Å². The summed E-state index contributed by atoms with van der Waals surface area (Å²) in [5.74, 6) is -0.163. The number of carbonyl (C=O) groups is 1. The SMILES string of the molecule is CC(=O)C(C#N)(C/C(C)=C/Cl)c1ccccc1. The molecule has 1 atom stereocenters. The van der Waals surface area contributed by atoms with Gasteiger partial charge in [-0.25, -0.2) is 0 Å². The van der Waals surface area contributed by atoms with Crippen LogP contribution in [0, 0.1) is 11.3 Å². The van der Waals surface area contributed by atoms with Gasteiger partial charge in [0, 0.05) is 5.54 Å². The van der Waals surface area contributed by atoms with Gasteiger partial charge in [0.2, 0.25) is 0 Å². The number of rotatable bonds is 4. The molecule has 0 aliphatic carbocycles. The largest absolute Gasteiger partial charge is 0.298 e. The fourth-order valence-electron chi connectivity index (χ4n) is 1.79. The van der Waals surface area contributed by atoms with Gasteiger partial charge in [-0.15, -0.1) is 0 Å². The molecule has 0 aliphatic rings. The van der Waals surface area contributed by atoms with Crippen LogP contribution >= 0.6 is 11.6 Å². The third-order valence-corrected chi connectivity index (χ3v) is 3.16. The molecule has 3 heteroatoms. The minimum absolute atomic E-state index is 0.163. The van der Waals surface area contributed by atoms with Crippen LogP contribution in [0.4, 0.5) is 0 Å². The molecule has 0 aromatic heterocycles. The zero-order chi connectivity index (χ0) is 12.9. The number of allylic oxidation sites excluding steroid dienone is 1. The lowest BCUT2D eigenvalue weighted by Gasteiger charge is -2.24. The maximum Gasteiger partial charge on any atom is 0.154 e. The van der Waals surface area contributed by atoms with E-state index < -0.39 is 5.41 Å². The van der Waals surface area contributed by atoms with E-state index in [4.69, 9.17) is 11.6 Å². The number of halogens is 1. The number of hydrogen-bond donors (Lipinski definition) is 0. The Morgan fingerprint density at radius 3 is 2.41 bits per heavy atom. The van der Waals surface area contributed by atoms with Crippen molar-refractivity contribution in [1.29, 1.82) is 5.26 Å². The molecule has 0 amide bonds. The van der Waals surface area contributed by atoms with Crippen LogP contribution in [0.15, 0.2) is 41.4 Å². The van der Waals surface area contributed by atoms with E-state index in [1.165, 1.54) is 12.5 Å². The third kappa shape index (κ3) is 2.75. The van der Waals surface area contributed by atoms with Crippen LogP contribution in [0.25, 0.3) is 0 Å². The van der Waals surface area contributed by atoms with Gasteiger partial charge < -0.3 is 0 Å². The molecule has 0 N–H and O–H groups in total. The van der Waals surface area contributed by atoms with Crippen molar-refractivity contribution in [1.82, 2.24) is 0 Å². The van der Waals surface area contributed by atoms with E-state index in [0.29, 0.717) is 12.0 Å². The van der Waals surface area contributed by atoms with E-state index in [2.05, 4.69) is 6.07 Å². The van der Waals surface area contributed by atoms with Gasteiger partial charge in [0.05, 0.1) is 6.07 Å². The smallest absolute Gasteiger partial charge is 0.154 e. The van der Waals surface area contributed by atoms with E-state index >= 15 is 0 Å². The Morgan fingerprint density at radius 2 is 2.00 bits per heavy atom. The molecule has 0 heterocycles. The Hall–Kier alpha value is -1.59. The molecular weight excluding hydrogens is 234 g/mol. The highest BCUT2D eigenvalue weighted by atomic mass is 35.5. The number of Topliss-reactive ketones (excluding diaryl/α,β-unsaturated/α-hetero) is 1. The van der Waals surface area contributed by atoms with Gasteiger partial charge in [-0.05, 0) is 25.8 Å². The number of hydrogen-bond acceptors (Lipinski definition) is 2. The molecule has 17 heavy (non-hydrogen) atoms. The highest BCUT2D eigenvalue weighted by molar-refractivity contribution is 6.25. The lowest BCUT2D eigenvalue weighted by atomic mass is 9.74. The molecule has 88 valence electrons. The van der Waals surface area contributed by atoms with Crippen LogP contribution < -0.4 is 0 Å². The molecule has 0 saturated heterocycles. The topological polar surface area (TPSA) is 40.9 Å². The van der Waals surface area contributed by atoms with Gasteiger partial charge in [-0.1, -0.05) is 47.5 Å². The van der Waals surface area contributed by atoms with E-state index in [1.54, 1.807) is 12.1 Å². The summed E-state index contributed by atoms with van der Waals surface area (Å²) < 4.78 is 0. The molecule has 0 bridgehead atoms. The Kier molecular flexibility index (Phi) is 4.48. The lowest BCUT2D eigenvalue weighted by molar-refractivity contribution is -0.120. The highest BCUT2D eigenvalue weighted by Gasteiger charge is 2.37. The second-order valence-corrected chi connectivity index (χ2v) is 4.29. The molecule has 0 fully saturated rings. The van der Waals surface area contributed by atoms with Crippen LogP contribution in [0.1, 0.15) is 25.8 Å². The lowest BCUT2D eigenvalue weighted by Crippen LogP contribution is -2.32. The monoisotopic (exact) mass is 247 g/mol. The number of ketones is 1. The number of nitriles is 1. The fraction of sp³-hybridized carbons (Fsp3) is 0.286. The maximum atomic E-state index is 11.9. The summed E-state index contributed by atoms with van der Waals surface area (Å²) >= 11 is 5.62. The first-order valence-corrected chi connectivity index (χ1v) is 5.74. The van der Waals surface area contributed by atoms with Crippen LogP contribution in [0.5, 0.6) is 0 Å². The molecule has 0 radical (unpaired) electrons. The Morgan fingerprint density at radius 1 is 1.41 bits per heavy atom. The fourth-order valence-corrected chi connectivity index (χ4v) is 1.87. The van der Waals surface area contributed by atoms with Gasteiger partial charge in [-0.2, -0.15) is 5.26 Å². The Labute approximate surface area is 107 Å². The first-order valence-electron chi connectivity index (χ1n) is 5.30. The van der Waals surface area contributed by atoms with Gasteiger partial charge in [0.1, 0.15) is 5.41 Å². The van der Waals surface area contributed by atoms with Crippen molar-refractivity contribution in [2.24, 2.45) is 0 Å². The molecule has 2 nitrogen and oxygen atoms in total. The molecule has 1 rings (SSSR count). The van der Waals surface area contributed by atoms with Gasteiger partial charge in [0.15, 0.2) is 5.78 Å². The van der Waals surface area contributed by atoms with Gasteiger partial charge in [0.25, 0.3) is 0 Å². The van der Waals surface area contributed by atoms with Gasteiger partial charge in [-0.3, -0.25) is 4.79 Å². The van der Waals surface area contributed by atoms with Crippen molar-refractivity contribution in [3.63, 3.8) is 0 Å². The first-order chi connectivity index (χ1) is 8.06. The zero-order valence-electron chi connectivity index (χ0n) is 9.90. The minimum Gasteiger partial charge on any atom is -0.298 e. The Balaban J connectivity index is 3.30. The number of nitrogens with zero attached hydrogens (tertiary/aromatic N) is 1. The van der Waals surface area contributed by atoms with Crippen molar-refractivity contribution in [3.8, 4) is 6.07 Å². The van der Waals surface area contributed by atoms with Crippen molar-refractivity contribution < 1.29 is 4.79 Å². The highest BCUT2D eigenvalue weighted by Crippen LogP contribution is 2.31. The Bertz CT molecular complexity index is 473. The quantitative estimate of drug-likeness (QED) is 0.816. The second-order valence-electron chi connectivity index (χ2n) is 4.07. The van der Waals surface area contributed by atoms with E-state index in [9.17, 15) is 10.1 Å². The standard InChI is InChI=1S/C14H14ClNO/c1-11(9-15)8-14(10-16,12(2)17)13-6-4-3-5-7-13/h3-7,9H,8H2,1-2H3/b11-9+. The molecule has 0 aliphatic heterocycles. The van der Waals surface area contributed by atoms with Crippen LogP contribution in [-0.2, 0) is 10.2 Å². The summed E-state index contributed by atoms with van der Waals surface area (Å²) in [6.45, 7) is 3.25.